The van der Waals surface area contributed by atoms with E-state index in [1.54, 1.807) is 0 Å². The molecule has 5 nitrogen and oxygen atoms in total. The van der Waals surface area contributed by atoms with Crippen molar-refractivity contribution < 1.29 is 9.59 Å². The van der Waals surface area contributed by atoms with Crippen LogP contribution in [0.3, 0.4) is 0 Å². The monoisotopic (exact) mass is 421 g/mol. The zero-order valence-electron chi connectivity index (χ0n) is 16.2. The summed E-state index contributed by atoms with van der Waals surface area (Å²) >= 11 is 1.49. The number of piperidine rings is 1. The maximum absolute atomic E-state index is 12.8. The second kappa shape index (κ2) is 10.6. The first kappa shape index (κ1) is 22.4. The van der Waals surface area contributed by atoms with Gasteiger partial charge in [-0.15, -0.1) is 23.7 Å². The molecule has 0 unspecified atom stereocenters. The van der Waals surface area contributed by atoms with Crippen molar-refractivity contribution in [3.05, 3.63) is 57.8 Å². The first-order chi connectivity index (χ1) is 13.1. The summed E-state index contributed by atoms with van der Waals surface area (Å²) < 4.78 is 0. The second-order valence-electron chi connectivity index (χ2n) is 6.90. The summed E-state index contributed by atoms with van der Waals surface area (Å²) in [7, 11) is 0. The van der Waals surface area contributed by atoms with E-state index in [4.69, 9.17) is 5.73 Å². The molecule has 1 fully saturated rings. The molecule has 1 aliphatic rings. The molecule has 0 bridgehead atoms. The van der Waals surface area contributed by atoms with Crippen molar-refractivity contribution in [1.29, 1.82) is 0 Å². The molecule has 1 aromatic carbocycles. The van der Waals surface area contributed by atoms with E-state index in [0.29, 0.717) is 25.2 Å². The average molecular weight is 422 g/mol. The van der Waals surface area contributed by atoms with E-state index in [-0.39, 0.29) is 30.3 Å². The minimum atomic E-state index is 0. The Labute approximate surface area is 176 Å². The molecule has 0 radical (unpaired) electrons. The Kier molecular flexibility index (Phi) is 8.48. The van der Waals surface area contributed by atoms with Gasteiger partial charge in [0.05, 0.1) is 4.88 Å². The standard InChI is InChI=1S/C21H27N3O2S.ClH/c1-2-11-24(21(26)19-4-3-14-27-19)18-9-12-23(13-10-18)20(25)17-7-5-16(15-22)6-8-17;/h3-8,14,18H,2,9-13,15,22H2,1H3;1H. The highest BCUT2D eigenvalue weighted by atomic mass is 35.5. The van der Waals surface area contributed by atoms with Crippen molar-refractivity contribution in [2.75, 3.05) is 19.6 Å². The van der Waals surface area contributed by atoms with Crippen LogP contribution in [0.25, 0.3) is 0 Å². The van der Waals surface area contributed by atoms with E-state index >= 15 is 0 Å². The van der Waals surface area contributed by atoms with Crippen LogP contribution in [-0.4, -0.2) is 47.3 Å². The summed E-state index contributed by atoms with van der Waals surface area (Å²) in [6.45, 7) is 4.69. The number of nitrogens with two attached hydrogens (primary N) is 1. The molecule has 152 valence electrons. The van der Waals surface area contributed by atoms with Crippen molar-refractivity contribution in [2.45, 2.75) is 38.8 Å². The van der Waals surface area contributed by atoms with Crippen LogP contribution in [0.2, 0.25) is 0 Å². The van der Waals surface area contributed by atoms with Crippen LogP contribution in [0.15, 0.2) is 41.8 Å². The lowest BCUT2D eigenvalue weighted by Crippen LogP contribution is -2.49. The number of hydrogen-bond donors (Lipinski definition) is 1. The van der Waals surface area contributed by atoms with Crippen LogP contribution in [0.5, 0.6) is 0 Å². The van der Waals surface area contributed by atoms with E-state index in [9.17, 15) is 9.59 Å². The number of carbonyl (C=O) groups is 2. The van der Waals surface area contributed by atoms with Crippen molar-refractivity contribution >= 4 is 35.6 Å². The largest absolute Gasteiger partial charge is 0.338 e. The molecule has 1 aromatic heterocycles. The number of amides is 2. The van der Waals surface area contributed by atoms with Gasteiger partial charge in [-0.1, -0.05) is 25.1 Å². The summed E-state index contributed by atoms with van der Waals surface area (Å²) in [6.07, 6.45) is 2.58. The predicted octanol–water partition coefficient (Wildman–Crippen LogP) is 3.79. The van der Waals surface area contributed by atoms with E-state index < -0.39 is 0 Å². The topological polar surface area (TPSA) is 66.6 Å². The molecular weight excluding hydrogens is 394 g/mol. The average Bonchev–Trinajstić information content (AvgIpc) is 3.26. The Bertz CT molecular complexity index is 756. The predicted molar refractivity (Wildman–Crippen MR) is 116 cm³/mol. The smallest absolute Gasteiger partial charge is 0.264 e. The first-order valence-corrected chi connectivity index (χ1v) is 10.4. The molecule has 0 aliphatic carbocycles. The van der Waals surface area contributed by atoms with Gasteiger partial charge in [0.15, 0.2) is 0 Å². The third kappa shape index (κ3) is 5.13. The number of hydrogen-bond acceptors (Lipinski definition) is 4. The Morgan fingerprint density at radius 1 is 1.18 bits per heavy atom. The van der Waals surface area contributed by atoms with Crippen LogP contribution in [0.4, 0.5) is 0 Å². The van der Waals surface area contributed by atoms with Gasteiger partial charge in [0.2, 0.25) is 0 Å². The van der Waals surface area contributed by atoms with E-state index in [1.165, 1.54) is 11.3 Å². The van der Waals surface area contributed by atoms with E-state index in [0.717, 1.165) is 36.2 Å². The number of thiophene rings is 1. The molecule has 28 heavy (non-hydrogen) atoms. The molecule has 0 spiro atoms. The van der Waals surface area contributed by atoms with Gasteiger partial charge in [-0.25, -0.2) is 0 Å². The van der Waals surface area contributed by atoms with Gasteiger partial charge in [0, 0.05) is 37.8 Å². The van der Waals surface area contributed by atoms with Crippen LogP contribution < -0.4 is 5.73 Å². The number of nitrogens with zero attached hydrogens (tertiary/aromatic N) is 2. The highest BCUT2D eigenvalue weighted by molar-refractivity contribution is 7.12. The fraction of sp³-hybridized carbons (Fsp3) is 0.429. The summed E-state index contributed by atoms with van der Waals surface area (Å²) in [4.78, 5) is 30.3. The van der Waals surface area contributed by atoms with Gasteiger partial charge in [0.25, 0.3) is 11.8 Å². The van der Waals surface area contributed by atoms with Crippen LogP contribution in [-0.2, 0) is 6.54 Å². The summed E-state index contributed by atoms with van der Waals surface area (Å²) in [5.41, 5.74) is 7.34. The molecule has 2 N–H and O–H groups in total. The maximum Gasteiger partial charge on any atom is 0.264 e. The molecule has 3 rings (SSSR count). The minimum absolute atomic E-state index is 0. The van der Waals surface area contributed by atoms with Gasteiger partial charge in [0.1, 0.15) is 0 Å². The Balaban J connectivity index is 0.00000280. The molecule has 0 saturated carbocycles. The lowest BCUT2D eigenvalue weighted by molar-refractivity contribution is 0.0522. The van der Waals surface area contributed by atoms with Gasteiger partial charge >= 0.3 is 0 Å². The molecule has 2 heterocycles. The fourth-order valence-electron chi connectivity index (χ4n) is 3.58. The SMILES string of the molecule is CCCN(C(=O)c1cccs1)C1CCN(C(=O)c2ccc(CN)cc2)CC1.Cl. The Morgan fingerprint density at radius 3 is 2.39 bits per heavy atom. The van der Waals surface area contributed by atoms with Crippen LogP contribution in [0, 0.1) is 0 Å². The highest BCUT2D eigenvalue weighted by Crippen LogP contribution is 2.22. The van der Waals surface area contributed by atoms with E-state index in [2.05, 4.69) is 6.92 Å². The van der Waals surface area contributed by atoms with Gasteiger partial charge in [-0.3, -0.25) is 9.59 Å². The summed E-state index contributed by atoms with van der Waals surface area (Å²) in [5, 5.41) is 1.94. The number of benzene rings is 1. The molecule has 1 aliphatic heterocycles. The lowest BCUT2D eigenvalue weighted by atomic mass is 10.0. The quantitative estimate of drug-likeness (QED) is 0.771. The van der Waals surface area contributed by atoms with E-state index in [1.807, 2.05) is 51.6 Å². The number of carbonyl (C=O) groups excluding carboxylic acids is 2. The molecular formula is C21H28ClN3O2S. The second-order valence-corrected chi connectivity index (χ2v) is 7.85. The third-order valence-corrected chi connectivity index (χ3v) is 5.94. The molecule has 0 atom stereocenters. The molecule has 2 amide bonds. The number of likely N-dealkylation sites (tertiary alicyclic amines) is 1. The maximum atomic E-state index is 12.8. The molecule has 2 aromatic rings. The minimum Gasteiger partial charge on any atom is -0.338 e. The summed E-state index contributed by atoms with van der Waals surface area (Å²) in [5.74, 6) is 0.178. The van der Waals surface area contributed by atoms with Gasteiger partial charge in [-0.05, 0) is 48.4 Å². The lowest BCUT2D eigenvalue weighted by Gasteiger charge is -2.38. The van der Waals surface area contributed by atoms with Crippen molar-refractivity contribution in [2.24, 2.45) is 5.73 Å². The van der Waals surface area contributed by atoms with Crippen molar-refractivity contribution in [3.8, 4) is 0 Å². The van der Waals surface area contributed by atoms with Gasteiger partial charge < -0.3 is 15.5 Å². The van der Waals surface area contributed by atoms with Gasteiger partial charge in [-0.2, -0.15) is 0 Å². The number of halogens is 1. The number of rotatable bonds is 6. The third-order valence-electron chi connectivity index (χ3n) is 5.09. The summed E-state index contributed by atoms with van der Waals surface area (Å²) in [6, 6.07) is 11.5. The van der Waals surface area contributed by atoms with Crippen LogP contribution in [0.1, 0.15) is 51.8 Å². The zero-order chi connectivity index (χ0) is 19.2. The highest BCUT2D eigenvalue weighted by Gasteiger charge is 2.30. The molecule has 1 saturated heterocycles. The molecule has 7 heteroatoms. The zero-order valence-corrected chi connectivity index (χ0v) is 17.8. The Morgan fingerprint density at radius 2 is 1.86 bits per heavy atom. The normalized spacial score (nSPS) is 14.4. The first-order valence-electron chi connectivity index (χ1n) is 9.56. The van der Waals surface area contributed by atoms with Crippen LogP contribution >= 0.6 is 23.7 Å². The fourth-order valence-corrected chi connectivity index (χ4v) is 4.26. The van der Waals surface area contributed by atoms with Crippen molar-refractivity contribution in [3.63, 3.8) is 0 Å². The van der Waals surface area contributed by atoms with Crippen molar-refractivity contribution in [1.82, 2.24) is 9.80 Å². The Hall–Kier alpha value is -1.89.